The van der Waals surface area contributed by atoms with Crippen molar-refractivity contribution in [2.24, 2.45) is 5.92 Å². The van der Waals surface area contributed by atoms with Crippen molar-refractivity contribution in [1.29, 1.82) is 0 Å². The molecule has 0 saturated heterocycles. The first-order valence-electron chi connectivity index (χ1n) is 7.45. The Bertz CT molecular complexity index is 506. The second-order valence-electron chi connectivity index (χ2n) is 5.60. The van der Waals surface area contributed by atoms with Crippen LogP contribution in [0.15, 0.2) is 0 Å². The van der Waals surface area contributed by atoms with Crippen molar-refractivity contribution in [3.05, 3.63) is 11.4 Å². The number of aliphatic carboxylic acids is 1. The first-order valence-corrected chi connectivity index (χ1v) is 7.45. The third-order valence-corrected chi connectivity index (χ3v) is 4.09. The van der Waals surface area contributed by atoms with Gasteiger partial charge < -0.3 is 10.2 Å². The van der Waals surface area contributed by atoms with E-state index in [9.17, 15) is 9.59 Å². The van der Waals surface area contributed by atoms with Crippen LogP contribution in [0.1, 0.15) is 61.1 Å². The molecule has 1 aliphatic rings. The maximum absolute atomic E-state index is 11.2. The Morgan fingerprint density at radius 2 is 1.90 bits per heavy atom. The fraction of sp³-hybridized carbons (Fsp3) is 0.714. The number of carboxylic acid groups (broad SMARTS) is 2. The maximum Gasteiger partial charge on any atom is 0.358 e. The van der Waals surface area contributed by atoms with E-state index in [1.54, 1.807) is 0 Å². The van der Waals surface area contributed by atoms with Crippen molar-refractivity contribution in [1.82, 2.24) is 15.0 Å². The summed E-state index contributed by atoms with van der Waals surface area (Å²) in [7, 11) is 0. The standard InChI is InChI=1S/C14H21N3O4/c18-12(19)8-9-17-11(13(14(20)21)15-16-17)7-6-10-4-2-1-3-5-10/h10H,1-9H2,(H,18,19)(H,20,21). The summed E-state index contributed by atoms with van der Waals surface area (Å²) in [4.78, 5) is 21.8. The topological polar surface area (TPSA) is 105 Å². The van der Waals surface area contributed by atoms with Gasteiger partial charge in [0.1, 0.15) is 0 Å². The van der Waals surface area contributed by atoms with Gasteiger partial charge in [-0.15, -0.1) is 5.10 Å². The Labute approximate surface area is 123 Å². The summed E-state index contributed by atoms with van der Waals surface area (Å²) >= 11 is 0. The maximum atomic E-state index is 11.2. The van der Waals surface area contributed by atoms with E-state index < -0.39 is 11.9 Å². The van der Waals surface area contributed by atoms with E-state index in [0.717, 1.165) is 6.42 Å². The molecule has 0 radical (unpaired) electrons. The molecule has 1 fully saturated rings. The molecule has 1 aliphatic carbocycles. The van der Waals surface area contributed by atoms with Gasteiger partial charge in [0.25, 0.3) is 0 Å². The minimum atomic E-state index is -1.10. The SMILES string of the molecule is O=C(O)CCn1nnc(C(=O)O)c1CCC1CCCCC1. The normalized spacial score (nSPS) is 16.0. The predicted octanol–water partition coefficient (Wildman–Crippen LogP) is 1.96. The number of aryl methyl sites for hydroxylation is 1. The van der Waals surface area contributed by atoms with Crippen LogP contribution in [0.3, 0.4) is 0 Å². The number of rotatable bonds is 7. The second kappa shape index (κ2) is 7.19. The zero-order chi connectivity index (χ0) is 15.2. The Kier molecular flexibility index (Phi) is 5.30. The van der Waals surface area contributed by atoms with E-state index in [0.29, 0.717) is 18.0 Å². The van der Waals surface area contributed by atoms with Crippen LogP contribution in [0.25, 0.3) is 0 Å². The third-order valence-electron chi connectivity index (χ3n) is 4.09. The molecule has 0 aliphatic heterocycles. The molecule has 2 rings (SSSR count). The van der Waals surface area contributed by atoms with Gasteiger partial charge >= 0.3 is 11.9 Å². The highest BCUT2D eigenvalue weighted by Gasteiger charge is 2.21. The summed E-state index contributed by atoms with van der Waals surface area (Å²) in [5.74, 6) is -1.40. The van der Waals surface area contributed by atoms with E-state index in [1.807, 2.05) is 0 Å². The largest absolute Gasteiger partial charge is 0.481 e. The van der Waals surface area contributed by atoms with Crippen molar-refractivity contribution in [2.75, 3.05) is 0 Å². The van der Waals surface area contributed by atoms with E-state index in [1.165, 1.54) is 36.8 Å². The molecule has 0 atom stereocenters. The lowest BCUT2D eigenvalue weighted by atomic mass is 9.85. The lowest BCUT2D eigenvalue weighted by molar-refractivity contribution is -0.137. The highest BCUT2D eigenvalue weighted by atomic mass is 16.4. The number of carbonyl (C=O) groups is 2. The van der Waals surface area contributed by atoms with Gasteiger partial charge in [0.15, 0.2) is 5.69 Å². The van der Waals surface area contributed by atoms with E-state index in [2.05, 4.69) is 10.3 Å². The van der Waals surface area contributed by atoms with Crippen molar-refractivity contribution >= 4 is 11.9 Å². The summed E-state index contributed by atoms with van der Waals surface area (Å²) in [6.45, 7) is 0.162. The van der Waals surface area contributed by atoms with Gasteiger partial charge in [-0.2, -0.15) is 0 Å². The van der Waals surface area contributed by atoms with Crippen LogP contribution in [0.4, 0.5) is 0 Å². The van der Waals surface area contributed by atoms with Crippen LogP contribution in [-0.2, 0) is 17.8 Å². The predicted molar refractivity (Wildman–Crippen MR) is 74.1 cm³/mol. The van der Waals surface area contributed by atoms with Crippen LogP contribution >= 0.6 is 0 Å². The molecular formula is C14H21N3O4. The first-order chi connectivity index (χ1) is 10.1. The smallest absolute Gasteiger partial charge is 0.358 e. The lowest BCUT2D eigenvalue weighted by Gasteiger charge is -2.21. The average Bonchev–Trinajstić information content (AvgIpc) is 2.87. The monoisotopic (exact) mass is 295 g/mol. The molecule has 2 N–H and O–H groups in total. The number of hydrogen-bond donors (Lipinski definition) is 2. The minimum absolute atomic E-state index is 0.0452. The van der Waals surface area contributed by atoms with Gasteiger partial charge in [-0.1, -0.05) is 37.3 Å². The number of carboxylic acids is 2. The van der Waals surface area contributed by atoms with Crippen LogP contribution in [0, 0.1) is 5.92 Å². The molecule has 0 unspecified atom stereocenters. The van der Waals surface area contributed by atoms with E-state index in [4.69, 9.17) is 10.2 Å². The zero-order valence-electron chi connectivity index (χ0n) is 12.0. The van der Waals surface area contributed by atoms with E-state index in [-0.39, 0.29) is 18.7 Å². The molecule has 116 valence electrons. The van der Waals surface area contributed by atoms with Crippen molar-refractivity contribution in [3.63, 3.8) is 0 Å². The van der Waals surface area contributed by atoms with Crippen molar-refractivity contribution in [2.45, 2.75) is 57.9 Å². The van der Waals surface area contributed by atoms with Gasteiger partial charge in [-0.3, -0.25) is 4.79 Å². The third kappa shape index (κ3) is 4.27. The molecule has 0 amide bonds. The molecule has 1 heterocycles. The number of aromatic carboxylic acids is 1. The van der Waals surface area contributed by atoms with Crippen LogP contribution in [0.5, 0.6) is 0 Å². The summed E-state index contributed by atoms with van der Waals surface area (Å²) in [5, 5.41) is 25.4. The van der Waals surface area contributed by atoms with Gasteiger partial charge in [0, 0.05) is 0 Å². The molecule has 7 heteroatoms. The zero-order valence-corrected chi connectivity index (χ0v) is 12.0. The number of hydrogen-bond acceptors (Lipinski definition) is 4. The molecule has 1 aromatic rings. The summed E-state index contributed by atoms with van der Waals surface area (Å²) in [5.41, 5.74) is 0.505. The molecule has 0 aromatic carbocycles. The number of aromatic nitrogens is 3. The summed E-state index contributed by atoms with van der Waals surface area (Å²) < 4.78 is 1.43. The number of nitrogens with zero attached hydrogens (tertiary/aromatic N) is 3. The Morgan fingerprint density at radius 1 is 1.19 bits per heavy atom. The minimum Gasteiger partial charge on any atom is -0.481 e. The second-order valence-corrected chi connectivity index (χ2v) is 5.60. The molecule has 0 bridgehead atoms. The molecule has 7 nitrogen and oxygen atoms in total. The highest BCUT2D eigenvalue weighted by molar-refractivity contribution is 5.86. The quantitative estimate of drug-likeness (QED) is 0.796. The van der Waals surface area contributed by atoms with Crippen molar-refractivity contribution < 1.29 is 19.8 Å². The molecule has 1 saturated carbocycles. The fourth-order valence-corrected chi connectivity index (χ4v) is 2.94. The van der Waals surface area contributed by atoms with Gasteiger partial charge in [0.05, 0.1) is 18.7 Å². The van der Waals surface area contributed by atoms with Crippen molar-refractivity contribution in [3.8, 4) is 0 Å². The first kappa shape index (κ1) is 15.5. The van der Waals surface area contributed by atoms with Crippen LogP contribution in [0.2, 0.25) is 0 Å². The fourth-order valence-electron chi connectivity index (χ4n) is 2.94. The van der Waals surface area contributed by atoms with E-state index >= 15 is 0 Å². The summed E-state index contributed by atoms with van der Waals surface area (Å²) in [6.07, 6.45) is 7.59. The molecular weight excluding hydrogens is 274 g/mol. The lowest BCUT2D eigenvalue weighted by Crippen LogP contribution is -2.14. The Hall–Kier alpha value is -1.92. The average molecular weight is 295 g/mol. The van der Waals surface area contributed by atoms with Gasteiger partial charge in [0.2, 0.25) is 0 Å². The van der Waals surface area contributed by atoms with Gasteiger partial charge in [-0.05, 0) is 18.8 Å². The summed E-state index contributed by atoms with van der Waals surface area (Å²) in [6, 6.07) is 0. The Balaban J connectivity index is 2.04. The highest BCUT2D eigenvalue weighted by Crippen LogP contribution is 2.27. The molecule has 1 aromatic heterocycles. The Morgan fingerprint density at radius 3 is 2.52 bits per heavy atom. The van der Waals surface area contributed by atoms with Crippen LogP contribution in [-0.4, -0.2) is 37.1 Å². The molecule has 0 spiro atoms. The van der Waals surface area contributed by atoms with Gasteiger partial charge in [-0.25, -0.2) is 9.48 Å². The van der Waals surface area contributed by atoms with Crippen LogP contribution < -0.4 is 0 Å². The molecule has 21 heavy (non-hydrogen) atoms.